The number of amides is 1. The summed E-state index contributed by atoms with van der Waals surface area (Å²) < 4.78 is 6.32. The quantitative estimate of drug-likeness (QED) is 0.446. The minimum absolute atomic E-state index is 0.0339. The van der Waals surface area contributed by atoms with Crippen molar-refractivity contribution in [3.8, 4) is 11.5 Å². The maximum absolute atomic E-state index is 13.1. The molecular weight excluding hydrogens is 490 g/mol. The number of thiophene rings is 1. The standard InChI is InChI=1S/C24H24BrN3O3S/c1-2-31-18-11-15(25)10-17(21(18)29)22-26-23(30)20-16-8-9-28(12-14-6-4-3-5-7-14)13-19(16)32-24(20)27-22/h3-7,10-11,22,27,29H,2,8-9,12-13H2,1H3,(H,26,30)/t22-/m1/s1. The van der Waals surface area contributed by atoms with E-state index >= 15 is 0 Å². The van der Waals surface area contributed by atoms with Gasteiger partial charge in [0, 0.05) is 34.5 Å². The third-order valence-electron chi connectivity index (χ3n) is 5.84. The van der Waals surface area contributed by atoms with Gasteiger partial charge in [-0.1, -0.05) is 46.3 Å². The Balaban J connectivity index is 1.40. The van der Waals surface area contributed by atoms with Crippen LogP contribution in [0.1, 0.15) is 45.0 Å². The molecule has 0 saturated heterocycles. The van der Waals surface area contributed by atoms with Crippen molar-refractivity contribution in [1.29, 1.82) is 0 Å². The molecule has 1 amide bonds. The lowest BCUT2D eigenvalue weighted by Crippen LogP contribution is -2.39. The molecule has 2 aliphatic heterocycles. The molecule has 0 unspecified atom stereocenters. The van der Waals surface area contributed by atoms with Gasteiger partial charge in [-0.2, -0.15) is 0 Å². The van der Waals surface area contributed by atoms with Crippen molar-refractivity contribution in [2.24, 2.45) is 0 Å². The van der Waals surface area contributed by atoms with Crippen molar-refractivity contribution < 1.29 is 14.6 Å². The normalized spacial score (nSPS) is 17.8. The molecule has 3 N–H and O–H groups in total. The van der Waals surface area contributed by atoms with E-state index < -0.39 is 6.17 Å². The highest BCUT2D eigenvalue weighted by Crippen LogP contribution is 2.44. The molecule has 3 aromatic rings. The zero-order valence-corrected chi connectivity index (χ0v) is 20.1. The van der Waals surface area contributed by atoms with Crippen LogP contribution in [0.3, 0.4) is 0 Å². The topological polar surface area (TPSA) is 73.8 Å². The summed E-state index contributed by atoms with van der Waals surface area (Å²) in [6.45, 7) is 4.96. The van der Waals surface area contributed by atoms with E-state index in [2.05, 4.69) is 55.7 Å². The van der Waals surface area contributed by atoms with E-state index in [1.54, 1.807) is 23.5 Å². The number of benzene rings is 2. The molecule has 0 fully saturated rings. The third-order valence-corrected chi connectivity index (χ3v) is 7.45. The number of carbonyl (C=O) groups is 1. The molecule has 0 bridgehead atoms. The van der Waals surface area contributed by atoms with Gasteiger partial charge in [-0.05, 0) is 36.6 Å². The molecule has 1 atom stereocenters. The van der Waals surface area contributed by atoms with Crippen LogP contribution in [0.4, 0.5) is 5.00 Å². The largest absolute Gasteiger partial charge is 0.504 e. The maximum atomic E-state index is 13.1. The van der Waals surface area contributed by atoms with Crippen LogP contribution >= 0.6 is 27.3 Å². The minimum atomic E-state index is -0.535. The number of phenolic OH excluding ortho intramolecular Hbond substituents is 1. The Morgan fingerprint density at radius 2 is 2.06 bits per heavy atom. The second kappa shape index (κ2) is 8.77. The van der Waals surface area contributed by atoms with Gasteiger partial charge in [0.05, 0.1) is 12.2 Å². The Kier molecular flexibility index (Phi) is 5.84. The van der Waals surface area contributed by atoms with Crippen molar-refractivity contribution >= 4 is 38.2 Å². The number of phenols is 1. The lowest BCUT2D eigenvalue weighted by molar-refractivity contribution is 0.0934. The molecule has 1 aromatic heterocycles. The van der Waals surface area contributed by atoms with Crippen LogP contribution in [-0.2, 0) is 19.5 Å². The van der Waals surface area contributed by atoms with Crippen molar-refractivity contribution in [3.63, 3.8) is 0 Å². The first-order valence-corrected chi connectivity index (χ1v) is 12.3. The van der Waals surface area contributed by atoms with Gasteiger partial charge in [-0.3, -0.25) is 9.69 Å². The van der Waals surface area contributed by atoms with Gasteiger partial charge in [-0.25, -0.2) is 0 Å². The summed E-state index contributed by atoms with van der Waals surface area (Å²) in [7, 11) is 0. The lowest BCUT2D eigenvalue weighted by atomic mass is 9.99. The van der Waals surface area contributed by atoms with Crippen LogP contribution in [0.15, 0.2) is 46.9 Å². The SMILES string of the molecule is CCOc1cc(Br)cc([C@@H]2NC(=O)c3c(sc4c3CCN(Cc3ccccc3)C4)N2)c1O. The highest BCUT2D eigenvalue weighted by molar-refractivity contribution is 9.10. The number of nitrogens with zero attached hydrogens (tertiary/aromatic N) is 1. The summed E-state index contributed by atoms with van der Waals surface area (Å²) in [5.41, 5.74) is 3.76. The number of rotatable bonds is 5. The van der Waals surface area contributed by atoms with Gasteiger partial charge in [0.1, 0.15) is 11.2 Å². The van der Waals surface area contributed by atoms with Gasteiger partial charge >= 0.3 is 0 Å². The van der Waals surface area contributed by atoms with E-state index in [-0.39, 0.29) is 11.7 Å². The molecule has 8 heteroatoms. The Morgan fingerprint density at radius 1 is 1.25 bits per heavy atom. The number of hydrogen-bond acceptors (Lipinski definition) is 6. The molecular formula is C24H24BrN3O3S. The monoisotopic (exact) mass is 513 g/mol. The van der Waals surface area contributed by atoms with Gasteiger partial charge in [0.25, 0.3) is 5.91 Å². The number of carbonyl (C=O) groups excluding carboxylic acids is 1. The molecule has 0 aliphatic carbocycles. The first kappa shape index (κ1) is 21.3. The predicted octanol–water partition coefficient (Wildman–Crippen LogP) is 5.03. The van der Waals surface area contributed by atoms with Crippen molar-refractivity contribution in [1.82, 2.24) is 10.2 Å². The first-order chi connectivity index (χ1) is 15.5. The molecule has 2 aromatic carbocycles. The number of nitrogens with one attached hydrogen (secondary N) is 2. The van der Waals surface area contributed by atoms with Gasteiger partial charge in [0.2, 0.25) is 0 Å². The van der Waals surface area contributed by atoms with E-state index in [9.17, 15) is 9.90 Å². The second-order valence-corrected chi connectivity index (χ2v) is 10.0. The lowest BCUT2D eigenvalue weighted by Gasteiger charge is -2.29. The number of ether oxygens (including phenoxy) is 1. The van der Waals surface area contributed by atoms with Crippen LogP contribution in [0, 0.1) is 0 Å². The second-order valence-electron chi connectivity index (χ2n) is 7.98. The molecule has 6 nitrogen and oxygen atoms in total. The average Bonchev–Trinajstić information content (AvgIpc) is 3.15. The van der Waals surface area contributed by atoms with Crippen molar-refractivity contribution in [2.75, 3.05) is 18.5 Å². The molecule has 0 saturated carbocycles. The van der Waals surface area contributed by atoms with Crippen LogP contribution in [0.2, 0.25) is 0 Å². The van der Waals surface area contributed by atoms with E-state index in [1.165, 1.54) is 10.4 Å². The molecule has 166 valence electrons. The summed E-state index contributed by atoms with van der Waals surface area (Å²) in [6.07, 6.45) is 0.317. The average molecular weight is 514 g/mol. The van der Waals surface area contributed by atoms with E-state index in [4.69, 9.17) is 4.74 Å². The molecule has 32 heavy (non-hydrogen) atoms. The van der Waals surface area contributed by atoms with E-state index in [0.717, 1.165) is 46.7 Å². The molecule has 0 spiro atoms. The first-order valence-electron chi connectivity index (χ1n) is 10.7. The van der Waals surface area contributed by atoms with Crippen LogP contribution in [0.25, 0.3) is 0 Å². The van der Waals surface area contributed by atoms with Crippen LogP contribution in [-0.4, -0.2) is 29.1 Å². The number of halogens is 1. The third kappa shape index (κ3) is 3.98. The fraction of sp³-hybridized carbons (Fsp3) is 0.292. The molecule has 3 heterocycles. The zero-order chi connectivity index (χ0) is 22.2. The van der Waals surface area contributed by atoms with Crippen LogP contribution < -0.4 is 15.4 Å². The number of anilines is 1. The molecule has 2 aliphatic rings. The summed E-state index contributed by atoms with van der Waals surface area (Å²) in [4.78, 5) is 16.7. The fourth-order valence-corrected chi connectivity index (χ4v) is 6.15. The van der Waals surface area contributed by atoms with Gasteiger partial charge < -0.3 is 20.5 Å². The highest BCUT2D eigenvalue weighted by atomic mass is 79.9. The fourth-order valence-electron chi connectivity index (χ4n) is 4.38. The number of fused-ring (bicyclic) bond motifs is 3. The molecule has 5 rings (SSSR count). The van der Waals surface area contributed by atoms with E-state index in [1.807, 2.05) is 13.0 Å². The maximum Gasteiger partial charge on any atom is 0.256 e. The Hall–Kier alpha value is -2.55. The Morgan fingerprint density at radius 3 is 2.84 bits per heavy atom. The molecule has 0 radical (unpaired) electrons. The van der Waals surface area contributed by atoms with Gasteiger partial charge in [0.15, 0.2) is 11.5 Å². The summed E-state index contributed by atoms with van der Waals surface area (Å²) in [6, 6.07) is 14.0. The summed E-state index contributed by atoms with van der Waals surface area (Å²) >= 11 is 5.12. The number of aromatic hydroxyl groups is 1. The smallest absolute Gasteiger partial charge is 0.256 e. The summed E-state index contributed by atoms with van der Waals surface area (Å²) in [5.74, 6) is 0.322. The Labute approximate surface area is 199 Å². The number of hydrogen-bond donors (Lipinski definition) is 3. The Bertz CT molecular complexity index is 1170. The zero-order valence-electron chi connectivity index (χ0n) is 17.7. The van der Waals surface area contributed by atoms with Crippen molar-refractivity contribution in [3.05, 3.63) is 74.1 Å². The van der Waals surface area contributed by atoms with Crippen molar-refractivity contribution in [2.45, 2.75) is 32.6 Å². The highest BCUT2D eigenvalue weighted by Gasteiger charge is 2.34. The van der Waals surface area contributed by atoms with Crippen LogP contribution in [0.5, 0.6) is 11.5 Å². The van der Waals surface area contributed by atoms with E-state index in [0.29, 0.717) is 17.9 Å². The predicted molar refractivity (Wildman–Crippen MR) is 129 cm³/mol. The summed E-state index contributed by atoms with van der Waals surface area (Å²) in [5, 5.41) is 18.0. The van der Waals surface area contributed by atoms with Gasteiger partial charge in [-0.15, -0.1) is 11.3 Å². The minimum Gasteiger partial charge on any atom is -0.504 e.